The molecule has 0 unspecified atom stereocenters. The molecule has 1 aliphatic heterocycles. The van der Waals surface area contributed by atoms with Crippen LogP contribution in [0.25, 0.3) is 17.1 Å². The van der Waals surface area contributed by atoms with E-state index in [4.69, 9.17) is 0 Å². The molecule has 136 valence electrons. The molecular formula is C19H15FN4O3. The predicted octanol–water partition coefficient (Wildman–Crippen LogP) is 1.48. The van der Waals surface area contributed by atoms with Gasteiger partial charge >= 0.3 is 5.69 Å². The van der Waals surface area contributed by atoms with Crippen molar-refractivity contribution in [2.24, 2.45) is 14.1 Å². The van der Waals surface area contributed by atoms with E-state index < -0.39 is 17.6 Å². The molecule has 8 heteroatoms. The summed E-state index contributed by atoms with van der Waals surface area (Å²) in [5.41, 5.74) is 4.46. The SMILES string of the molecule is Cn1c(=O)n(C)c2cc(C=C3C(=O)NN(c4cccc(F)c4)C3=O)ccc21. The van der Waals surface area contributed by atoms with Gasteiger partial charge in [-0.15, -0.1) is 0 Å². The normalized spacial score (nSPS) is 15.8. The molecule has 1 N–H and O–H groups in total. The summed E-state index contributed by atoms with van der Waals surface area (Å²) >= 11 is 0. The minimum Gasteiger partial charge on any atom is -0.295 e. The van der Waals surface area contributed by atoms with Crippen LogP contribution in [0.3, 0.4) is 0 Å². The zero-order chi connectivity index (χ0) is 19.3. The number of rotatable bonds is 2. The maximum atomic E-state index is 13.4. The Bertz CT molecular complexity index is 1210. The molecule has 2 aromatic carbocycles. The van der Waals surface area contributed by atoms with E-state index >= 15 is 0 Å². The van der Waals surface area contributed by atoms with Gasteiger partial charge in [-0.1, -0.05) is 12.1 Å². The maximum absolute atomic E-state index is 13.4. The van der Waals surface area contributed by atoms with Crippen LogP contribution < -0.4 is 16.1 Å². The molecule has 2 heterocycles. The highest BCUT2D eigenvalue weighted by molar-refractivity contribution is 6.31. The Kier molecular flexibility index (Phi) is 3.69. The van der Waals surface area contributed by atoms with E-state index in [-0.39, 0.29) is 17.0 Å². The van der Waals surface area contributed by atoms with Crippen molar-refractivity contribution in [3.8, 4) is 0 Å². The molecule has 1 saturated heterocycles. The number of aromatic nitrogens is 2. The minimum absolute atomic E-state index is 0.0699. The number of benzene rings is 2. The highest BCUT2D eigenvalue weighted by Gasteiger charge is 2.34. The van der Waals surface area contributed by atoms with Crippen molar-refractivity contribution in [3.05, 3.63) is 69.9 Å². The number of anilines is 1. The van der Waals surface area contributed by atoms with Crippen LogP contribution in [0.2, 0.25) is 0 Å². The third-order valence-corrected chi connectivity index (χ3v) is 4.56. The van der Waals surface area contributed by atoms with Gasteiger partial charge in [0.2, 0.25) is 0 Å². The molecule has 0 saturated carbocycles. The van der Waals surface area contributed by atoms with Crippen molar-refractivity contribution >= 4 is 34.6 Å². The second-order valence-electron chi connectivity index (χ2n) is 6.27. The lowest BCUT2D eigenvalue weighted by Crippen LogP contribution is -2.35. The van der Waals surface area contributed by atoms with Crippen LogP contribution in [0.15, 0.2) is 52.8 Å². The van der Waals surface area contributed by atoms with Crippen molar-refractivity contribution in [2.75, 3.05) is 5.01 Å². The minimum atomic E-state index is -0.577. The summed E-state index contributed by atoms with van der Waals surface area (Å²) in [5, 5.41) is 1.01. The van der Waals surface area contributed by atoms with Crippen LogP contribution in [0.5, 0.6) is 0 Å². The first-order valence-electron chi connectivity index (χ1n) is 8.15. The summed E-state index contributed by atoms with van der Waals surface area (Å²) in [4.78, 5) is 36.9. The molecule has 1 aromatic heterocycles. The predicted molar refractivity (Wildman–Crippen MR) is 98.2 cm³/mol. The van der Waals surface area contributed by atoms with Gasteiger partial charge in [0.05, 0.1) is 16.7 Å². The van der Waals surface area contributed by atoms with Gasteiger partial charge in [0, 0.05) is 14.1 Å². The fourth-order valence-electron chi connectivity index (χ4n) is 3.13. The molecular weight excluding hydrogens is 351 g/mol. The van der Waals surface area contributed by atoms with Gasteiger partial charge in [0.1, 0.15) is 11.4 Å². The zero-order valence-electron chi connectivity index (χ0n) is 14.6. The highest BCUT2D eigenvalue weighted by Crippen LogP contribution is 2.23. The van der Waals surface area contributed by atoms with E-state index in [1.807, 2.05) is 0 Å². The van der Waals surface area contributed by atoms with E-state index in [2.05, 4.69) is 5.43 Å². The Hall–Kier alpha value is -3.68. The molecule has 1 fully saturated rings. The molecule has 2 amide bonds. The number of imidazole rings is 1. The first-order valence-corrected chi connectivity index (χ1v) is 8.15. The second-order valence-corrected chi connectivity index (χ2v) is 6.27. The quantitative estimate of drug-likeness (QED) is 0.551. The van der Waals surface area contributed by atoms with Gasteiger partial charge in [-0.2, -0.15) is 0 Å². The topological polar surface area (TPSA) is 76.3 Å². The smallest absolute Gasteiger partial charge is 0.295 e. The Morgan fingerprint density at radius 2 is 1.70 bits per heavy atom. The van der Waals surface area contributed by atoms with Crippen LogP contribution in [0.4, 0.5) is 10.1 Å². The summed E-state index contributed by atoms with van der Waals surface area (Å²) in [5.74, 6) is -1.67. The standard InChI is InChI=1S/C19H15FN4O3/c1-22-15-7-6-11(9-16(15)23(2)19(22)27)8-14-17(25)21-24(18(14)26)13-5-3-4-12(20)10-13/h3-10H,1-2H3,(H,21,25). The third kappa shape index (κ3) is 2.62. The van der Waals surface area contributed by atoms with Crippen molar-refractivity contribution in [1.82, 2.24) is 14.6 Å². The largest absolute Gasteiger partial charge is 0.328 e. The molecule has 7 nitrogen and oxygen atoms in total. The molecule has 0 radical (unpaired) electrons. The summed E-state index contributed by atoms with van der Waals surface area (Å²) < 4.78 is 16.4. The lowest BCUT2D eigenvalue weighted by Gasteiger charge is -2.14. The lowest BCUT2D eigenvalue weighted by atomic mass is 10.1. The Morgan fingerprint density at radius 3 is 2.44 bits per heavy atom. The van der Waals surface area contributed by atoms with E-state index in [1.165, 1.54) is 33.4 Å². The van der Waals surface area contributed by atoms with Crippen LogP contribution in [0.1, 0.15) is 5.56 Å². The van der Waals surface area contributed by atoms with Crippen LogP contribution >= 0.6 is 0 Å². The van der Waals surface area contributed by atoms with Crippen molar-refractivity contribution in [2.45, 2.75) is 0 Å². The van der Waals surface area contributed by atoms with Gasteiger partial charge in [0.15, 0.2) is 0 Å². The molecule has 0 bridgehead atoms. The van der Waals surface area contributed by atoms with Crippen LogP contribution in [-0.4, -0.2) is 20.9 Å². The van der Waals surface area contributed by atoms with Gasteiger partial charge in [-0.25, -0.2) is 14.2 Å². The Morgan fingerprint density at radius 1 is 0.963 bits per heavy atom. The number of hydrogen-bond acceptors (Lipinski definition) is 3. The monoisotopic (exact) mass is 366 g/mol. The summed E-state index contributed by atoms with van der Waals surface area (Å²) in [6.07, 6.45) is 1.45. The van der Waals surface area contributed by atoms with Crippen molar-refractivity contribution in [1.29, 1.82) is 0 Å². The average molecular weight is 366 g/mol. The second kappa shape index (κ2) is 5.94. The van der Waals surface area contributed by atoms with Crippen molar-refractivity contribution < 1.29 is 14.0 Å². The zero-order valence-corrected chi connectivity index (χ0v) is 14.6. The van der Waals surface area contributed by atoms with Crippen LogP contribution in [-0.2, 0) is 23.7 Å². The summed E-state index contributed by atoms with van der Waals surface area (Å²) in [7, 11) is 3.33. The van der Waals surface area contributed by atoms with Gasteiger partial charge < -0.3 is 0 Å². The average Bonchev–Trinajstić information content (AvgIpc) is 3.05. The number of nitrogens with zero attached hydrogens (tertiary/aromatic N) is 3. The summed E-state index contributed by atoms with van der Waals surface area (Å²) in [6, 6.07) is 10.6. The molecule has 3 aromatic rings. The fourth-order valence-corrected chi connectivity index (χ4v) is 3.13. The number of amides is 2. The molecule has 0 aliphatic carbocycles. The number of halogens is 1. The number of hydrogen-bond donors (Lipinski definition) is 1. The Labute approximate surface area is 152 Å². The van der Waals surface area contributed by atoms with Crippen molar-refractivity contribution in [3.63, 3.8) is 0 Å². The molecule has 0 atom stereocenters. The molecule has 27 heavy (non-hydrogen) atoms. The van der Waals surface area contributed by atoms with E-state index in [0.29, 0.717) is 11.1 Å². The van der Waals surface area contributed by atoms with Gasteiger partial charge in [-0.05, 0) is 42.0 Å². The lowest BCUT2D eigenvalue weighted by molar-refractivity contribution is -0.117. The Balaban J connectivity index is 1.75. The van der Waals surface area contributed by atoms with Gasteiger partial charge in [-0.3, -0.25) is 24.1 Å². The fraction of sp³-hybridized carbons (Fsp3) is 0.105. The molecule has 4 rings (SSSR count). The number of aryl methyl sites for hydroxylation is 2. The number of fused-ring (bicyclic) bond motifs is 1. The van der Waals surface area contributed by atoms with E-state index in [1.54, 1.807) is 32.3 Å². The number of nitrogens with one attached hydrogen (secondary N) is 1. The van der Waals surface area contributed by atoms with Gasteiger partial charge in [0.25, 0.3) is 11.8 Å². The number of carbonyl (C=O) groups is 2. The molecule has 0 spiro atoms. The third-order valence-electron chi connectivity index (χ3n) is 4.56. The maximum Gasteiger partial charge on any atom is 0.328 e. The van der Waals surface area contributed by atoms with E-state index in [9.17, 15) is 18.8 Å². The first kappa shape index (κ1) is 16.8. The number of hydrazine groups is 1. The number of carbonyl (C=O) groups excluding carboxylic acids is 2. The highest BCUT2D eigenvalue weighted by atomic mass is 19.1. The molecule has 1 aliphatic rings. The first-order chi connectivity index (χ1) is 12.9. The van der Waals surface area contributed by atoms with Crippen LogP contribution in [0, 0.1) is 5.82 Å². The summed E-state index contributed by atoms with van der Waals surface area (Å²) in [6.45, 7) is 0. The van der Waals surface area contributed by atoms with E-state index in [0.717, 1.165) is 16.6 Å².